The van der Waals surface area contributed by atoms with E-state index in [0.717, 1.165) is 0 Å². The van der Waals surface area contributed by atoms with Gasteiger partial charge < -0.3 is 19.7 Å². The Labute approximate surface area is 108 Å². The molecule has 2 N–H and O–H groups in total. The lowest BCUT2D eigenvalue weighted by Crippen LogP contribution is -2.35. The maximum atomic E-state index is 10.0. The van der Waals surface area contributed by atoms with E-state index in [4.69, 9.17) is 9.47 Å². The maximum absolute atomic E-state index is 10.0. The molecule has 0 amide bonds. The number of fused-ring (bicyclic) bond motifs is 1. The average molecular weight is 254 g/mol. The third-order valence-electron chi connectivity index (χ3n) is 3.93. The van der Waals surface area contributed by atoms with Crippen LogP contribution < -0.4 is 0 Å². The van der Waals surface area contributed by atoms with Gasteiger partial charge in [-0.2, -0.15) is 0 Å². The second-order valence-electron chi connectivity index (χ2n) is 5.11. The third-order valence-corrected chi connectivity index (χ3v) is 3.93. The van der Waals surface area contributed by atoms with Gasteiger partial charge in [0.05, 0.1) is 37.6 Å². The van der Waals surface area contributed by atoms with Crippen molar-refractivity contribution in [3.05, 3.63) is 25.3 Å². The van der Waals surface area contributed by atoms with E-state index in [9.17, 15) is 10.2 Å². The van der Waals surface area contributed by atoms with Crippen LogP contribution in [0.15, 0.2) is 25.3 Å². The second-order valence-corrected chi connectivity index (χ2v) is 5.11. The van der Waals surface area contributed by atoms with E-state index in [-0.39, 0.29) is 24.0 Å². The molecule has 2 rings (SSSR count). The maximum Gasteiger partial charge on any atom is 0.0916 e. The largest absolute Gasteiger partial charge is 0.392 e. The fraction of sp³-hybridized carbons (Fsp3) is 0.714. The number of ether oxygens (including phenoxy) is 2. The number of rotatable bonds is 6. The topological polar surface area (TPSA) is 58.9 Å². The van der Waals surface area contributed by atoms with Gasteiger partial charge in [-0.25, -0.2) is 0 Å². The molecule has 1 unspecified atom stereocenters. The van der Waals surface area contributed by atoms with Crippen LogP contribution in [-0.2, 0) is 9.47 Å². The Balaban J connectivity index is 1.98. The minimum absolute atomic E-state index is 0.0195. The zero-order valence-electron chi connectivity index (χ0n) is 10.6. The summed E-state index contributed by atoms with van der Waals surface area (Å²) in [6.45, 7) is 8.24. The third kappa shape index (κ3) is 2.52. The van der Waals surface area contributed by atoms with Gasteiger partial charge in [-0.05, 0) is 12.8 Å². The Hall–Kier alpha value is -0.680. The van der Waals surface area contributed by atoms with Gasteiger partial charge in [-0.3, -0.25) is 0 Å². The molecule has 0 aromatic heterocycles. The van der Waals surface area contributed by atoms with E-state index in [2.05, 4.69) is 13.2 Å². The predicted molar refractivity (Wildman–Crippen MR) is 68.1 cm³/mol. The molecule has 0 saturated carbocycles. The Morgan fingerprint density at radius 3 is 1.67 bits per heavy atom. The van der Waals surface area contributed by atoms with Crippen molar-refractivity contribution in [3.63, 3.8) is 0 Å². The molecule has 2 saturated heterocycles. The highest BCUT2D eigenvalue weighted by molar-refractivity contribution is 4.99. The smallest absolute Gasteiger partial charge is 0.0916 e. The van der Waals surface area contributed by atoms with E-state index in [1.165, 1.54) is 0 Å². The van der Waals surface area contributed by atoms with Gasteiger partial charge >= 0.3 is 0 Å². The molecule has 2 fully saturated rings. The van der Waals surface area contributed by atoms with Crippen molar-refractivity contribution in [3.8, 4) is 0 Å². The lowest BCUT2D eigenvalue weighted by Gasteiger charge is -2.21. The molecule has 0 spiro atoms. The normalized spacial score (nSPS) is 38.1. The first kappa shape index (κ1) is 13.7. The van der Waals surface area contributed by atoms with Gasteiger partial charge in [-0.15, -0.1) is 13.2 Å². The Morgan fingerprint density at radius 2 is 1.33 bits per heavy atom. The van der Waals surface area contributed by atoms with Crippen molar-refractivity contribution in [2.75, 3.05) is 13.2 Å². The van der Waals surface area contributed by atoms with Crippen molar-refractivity contribution >= 4 is 0 Å². The van der Waals surface area contributed by atoms with E-state index in [1.54, 1.807) is 12.2 Å². The second kappa shape index (κ2) is 5.97. The van der Waals surface area contributed by atoms with E-state index < -0.39 is 12.2 Å². The number of hydrogen-bond donors (Lipinski definition) is 2. The zero-order valence-corrected chi connectivity index (χ0v) is 10.6. The molecule has 0 bridgehead atoms. The summed E-state index contributed by atoms with van der Waals surface area (Å²) < 4.78 is 11.4. The molecule has 0 radical (unpaired) electrons. The lowest BCUT2D eigenvalue weighted by atomic mass is 9.88. The quantitative estimate of drug-likeness (QED) is 0.691. The first-order chi connectivity index (χ1) is 8.69. The summed E-state index contributed by atoms with van der Waals surface area (Å²) in [6, 6.07) is 0. The van der Waals surface area contributed by atoms with Gasteiger partial charge in [-0.1, -0.05) is 12.2 Å². The number of hydrogen-bond acceptors (Lipinski definition) is 4. The van der Waals surface area contributed by atoms with Gasteiger partial charge in [0.2, 0.25) is 0 Å². The molecule has 0 aliphatic carbocycles. The SMILES string of the molecule is C=CCC(O)[C@@H]1CO[C@@H]2[C@@H]([C@@H](O)CC=C)CO[C@@H]21. The standard InChI is InChI=1S/C14H22O4/c1-3-5-11(15)9-7-17-14-10(8-18-13(9)14)12(16)6-4-2/h3-4,9-16H,1-2,5-8H2/t9-,10+,11+,12?,13-,14-/m1/s1. The Morgan fingerprint density at radius 1 is 0.944 bits per heavy atom. The van der Waals surface area contributed by atoms with Crippen molar-refractivity contribution in [2.45, 2.75) is 37.3 Å². The van der Waals surface area contributed by atoms with E-state index in [0.29, 0.717) is 26.1 Å². The highest BCUT2D eigenvalue weighted by Crippen LogP contribution is 2.38. The first-order valence-electron chi connectivity index (χ1n) is 6.50. The molecule has 2 heterocycles. The van der Waals surface area contributed by atoms with Crippen molar-refractivity contribution < 1.29 is 19.7 Å². The first-order valence-corrected chi connectivity index (χ1v) is 6.50. The molecule has 4 heteroatoms. The molecule has 102 valence electrons. The lowest BCUT2D eigenvalue weighted by molar-refractivity contribution is -0.00113. The molecule has 18 heavy (non-hydrogen) atoms. The molecule has 2 aliphatic rings. The molecule has 0 aromatic carbocycles. The van der Waals surface area contributed by atoms with Crippen molar-refractivity contribution in [1.82, 2.24) is 0 Å². The van der Waals surface area contributed by atoms with Crippen LogP contribution in [0.3, 0.4) is 0 Å². The van der Waals surface area contributed by atoms with Crippen LogP contribution in [0.5, 0.6) is 0 Å². The monoisotopic (exact) mass is 254 g/mol. The summed E-state index contributed by atoms with van der Waals surface area (Å²) in [4.78, 5) is 0. The minimum atomic E-state index is -0.479. The fourth-order valence-electron chi connectivity index (χ4n) is 2.91. The van der Waals surface area contributed by atoms with Crippen LogP contribution in [0.2, 0.25) is 0 Å². The van der Waals surface area contributed by atoms with Gasteiger partial charge in [0.15, 0.2) is 0 Å². The predicted octanol–water partition coefficient (Wildman–Crippen LogP) is 0.890. The summed E-state index contributed by atoms with van der Waals surface area (Å²) in [5.41, 5.74) is 0. The van der Waals surface area contributed by atoms with Crippen molar-refractivity contribution in [1.29, 1.82) is 0 Å². The van der Waals surface area contributed by atoms with Crippen LogP contribution in [0.4, 0.5) is 0 Å². The summed E-state index contributed by atoms with van der Waals surface area (Å²) >= 11 is 0. The van der Waals surface area contributed by atoms with Crippen LogP contribution in [0.25, 0.3) is 0 Å². The molecule has 4 nitrogen and oxygen atoms in total. The minimum Gasteiger partial charge on any atom is -0.392 e. The molecular formula is C14H22O4. The molecule has 2 aliphatic heterocycles. The van der Waals surface area contributed by atoms with Gasteiger partial charge in [0.1, 0.15) is 0 Å². The Kier molecular flexibility index (Phi) is 4.56. The summed E-state index contributed by atoms with van der Waals surface area (Å²) in [5.74, 6) is -0.0390. The van der Waals surface area contributed by atoms with E-state index >= 15 is 0 Å². The fourth-order valence-corrected chi connectivity index (χ4v) is 2.91. The zero-order chi connectivity index (χ0) is 13.1. The van der Waals surface area contributed by atoms with Gasteiger partial charge in [0.25, 0.3) is 0 Å². The van der Waals surface area contributed by atoms with Crippen LogP contribution in [-0.4, -0.2) is 47.8 Å². The van der Waals surface area contributed by atoms with E-state index in [1.807, 2.05) is 0 Å². The molecular weight excluding hydrogens is 232 g/mol. The van der Waals surface area contributed by atoms with Crippen LogP contribution in [0.1, 0.15) is 12.8 Å². The number of aliphatic hydroxyl groups excluding tert-OH is 2. The average Bonchev–Trinajstić information content (AvgIpc) is 2.89. The molecule has 6 atom stereocenters. The Bertz CT molecular complexity index is 274. The summed E-state index contributed by atoms with van der Waals surface area (Å²) in [7, 11) is 0. The summed E-state index contributed by atoms with van der Waals surface area (Å²) in [6.07, 6.45) is 3.32. The molecule has 0 aromatic rings. The highest BCUT2D eigenvalue weighted by Gasteiger charge is 2.51. The summed E-state index contributed by atoms with van der Waals surface area (Å²) in [5, 5.41) is 20.0. The van der Waals surface area contributed by atoms with Crippen LogP contribution >= 0.6 is 0 Å². The van der Waals surface area contributed by atoms with Crippen LogP contribution in [0, 0.1) is 11.8 Å². The van der Waals surface area contributed by atoms with Gasteiger partial charge in [0, 0.05) is 11.8 Å². The van der Waals surface area contributed by atoms with Crippen molar-refractivity contribution in [2.24, 2.45) is 11.8 Å². The highest BCUT2D eigenvalue weighted by atomic mass is 16.6. The number of aliphatic hydroxyl groups is 2.